The van der Waals surface area contributed by atoms with Crippen molar-refractivity contribution in [1.82, 2.24) is 4.90 Å². The summed E-state index contributed by atoms with van der Waals surface area (Å²) in [6, 6.07) is 28.9. The van der Waals surface area contributed by atoms with Gasteiger partial charge >= 0.3 is 6.18 Å². The number of fused-ring (bicyclic) bond motifs is 3. The summed E-state index contributed by atoms with van der Waals surface area (Å²) >= 11 is 3.49. The van der Waals surface area contributed by atoms with Gasteiger partial charge in [0.25, 0.3) is 0 Å². The summed E-state index contributed by atoms with van der Waals surface area (Å²) in [6.07, 6.45) is 5.42. The quantitative estimate of drug-likeness (QED) is 0.135. The van der Waals surface area contributed by atoms with Gasteiger partial charge in [0.05, 0.1) is 7.11 Å². The molecule has 4 aromatic rings. The summed E-state index contributed by atoms with van der Waals surface area (Å²) in [5.41, 5.74) is 4.89. The lowest BCUT2D eigenvalue weighted by atomic mass is 9.73. The summed E-state index contributed by atoms with van der Waals surface area (Å²) in [5, 5.41) is 0.617. The molecule has 0 N–H and O–H groups in total. The van der Waals surface area contributed by atoms with Crippen molar-refractivity contribution < 1.29 is 27.4 Å². The Morgan fingerprint density at radius 3 is 2.08 bits per heavy atom. The van der Waals surface area contributed by atoms with Crippen LogP contribution in [0, 0.1) is 0 Å². The highest BCUT2D eigenvalue weighted by Gasteiger charge is 2.51. The van der Waals surface area contributed by atoms with Crippen molar-refractivity contribution in [3.05, 3.63) is 119 Å². The molecule has 0 radical (unpaired) electrons. The van der Waals surface area contributed by atoms with Gasteiger partial charge in [0.2, 0.25) is 5.91 Å². The molecule has 0 atom stereocenters. The van der Waals surface area contributed by atoms with Crippen LogP contribution in [-0.4, -0.2) is 36.0 Å². The normalized spacial score (nSPS) is 15.8. The Balaban J connectivity index is 1.23. The molecule has 4 nitrogen and oxygen atoms in total. The average molecular weight is 749 g/mol. The van der Waals surface area contributed by atoms with E-state index in [1.54, 1.807) is 18.2 Å². The molecule has 2 aliphatic carbocycles. The topological polar surface area (TPSA) is 38.8 Å². The molecule has 0 bridgehead atoms. The van der Waals surface area contributed by atoms with Crippen LogP contribution in [0.1, 0.15) is 91.5 Å². The number of methoxy groups -OCH3 is 1. The van der Waals surface area contributed by atoms with Crippen molar-refractivity contribution in [1.29, 1.82) is 0 Å². The molecule has 6 rings (SSSR count). The van der Waals surface area contributed by atoms with E-state index in [2.05, 4.69) is 40.2 Å². The zero-order valence-corrected chi connectivity index (χ0v) is 30.2. The first-order valence-corrected chi connectivity index (χ1v) is 18.9. The maximum atomic E-state index is 14.8. The highest BCUT2D eigenvalue weighted by Crippen LogP contribution is 2.52. The van der Waals surface area contributed by atoms with Gasteiger partial charge in [-0.3, -0.25) is 4.79 Å². The number of carbonyl (C=O) groups is 1. The second-order valence-electron chi connectivity index (χ2n) is 13.6. The number of halogens is 4. The highest BCUT2D eigenvalue weighted by atomic mass is 79.9. The summed E-state index contributed by atoms with van der Waals surface area (Å²) in [7, 11) is 1.48. The van der Waals surface area contributed by atoms with Crippen LogP contribution < -0.4 is 9.47 Å². The predicted molar refractivity (Wildman–Crippen MR) is 196 cm³/mol. The highest BCUT2D eigenvalue weighted by molar-refractivity contribution is 9.09. The van der Waals surface area contributed by atoms with E-state index in [0.29, 0.717) is 47.8 Å². The lowest BCUT2D eigenvalue weighted by Crippen LogP contribution is -2.49. The molecule has 264 valence electrons. The predicted octanol–water partition coefficient (Wildman–Crippen LogP) is 11.1. The molecule has 4 aromatic carbocycles. The van der Waals surface area contributed by atoms with Gasteiger partial charge in [0, 0.05) is 23.5 Å². The van der Waals surface area contributed by atoms with Crippen LogP contribution in [0.4, 0.5) is 13.2 Å². The number of rotatable bonds is 12. The molecule has 0 heterocycles. The number of alkyl halides is 4. The van der Waals surface area contributed by atoms with Gasteiger partial charge in [-0.05, 0) is 77.1 Å². The minimum Gasteiger partial charge on any atom is -0.496 e. The van der Waals surface area contributed by atoms with E-state index >= 15 is 0 Å². The number of ether oxygens (including phenoxy) is 2. The largest absolute Gasteiger partial charge is 0.496 e. The first kappa shape index (κ1) is 36.0. The Morgan fingerprint density at radius 2 is 1.48 bits per heavy atom. The fourth-order valence-electron chi connectivity index (χ4n) is 7.94. The van der Waals surface area contributed by atoms with Crippen molar-refractivity contribution in [2.45, 2.75) is 88.4 Å². The zero-order valence-electron chi connectivity index (χ0n) is 28.6. The lowest BCUT2D eigenvalue weighted by molar-refractivity contribution is -0.165. The molecule has 0 spiro atoms. The van der Waals surface area contributed by atoms with Crippen molar-refractivity contribution in [3.8, 4) is 22.6 Å². The number of benzene rings is 4. The molecule has 50 heavy (non-hydrogen) atoms. The summed E-state index contributed by atoms with van der Waals surface area (Å²) in [6.45, 7) is -1.31. The Morgan fingerprint density at radius 1 is 0.860 bits per heavy atom. The number of hydrogen-bond acceptors (Lipinski definition) is 3. The van der Waals surface area contributed by atoms with Gasteiger partial charge in [-0.2, -0.15) is 13.2 Å². The smallest absolute Gasteiger partial charge is 0.406 e. The van der Waals surface area contributed by atoms with Crippen LogP contribution in [0.3, 0.4) is 0 Å². The molecule has 2 aliphatic rings. The Kier molecular flexibility index (Phi) is 11.6. The summed E-state index contributed by atoms with van der Waals surface area (Å²) < 4.78 is 54.5. The van der Waals surface area contributed by atoms with Crippen LogP contribution in [-0.2, 0) is 23.4 Å². The molecule has 1 amide bonds. The standard InChI is InChI=1S/C42H45BrF3NO3/c1-49-39-26-34(50-28-30-18-20-32(21-19-30)31-12-5-3-2-4-6-13-31)23-22-33(39)27-47(29-42(44,45)46)40(48)41(24-11-25-43)37-16-9-7-14-35(37)36-15-8-10-17-38(36)41/h7-10,14-23,26,31H,2-6,11-13,24-25,27-29H2,1H3. The Hall–Kier alpha value is -3.78. The van der Waals surface area contributed by atoms with Crippen LogP contribution in [0.2, 0.25) is 0 Å². The molecule has 0 aromatic heterocycles. The Labute approximate surface area is 302 Å². The monoisotopic (exact) mass is 747 g/mol. The molecule has 0 unspecified atom stereocenters. The summed E-state index contributed by atoms with van der Waals surface area (Å²) in [4.78, 5) is 15.8. The van der Waals surface area contributed by atoms with Crippen LogP contribution in [0.15, 0.2) is 91.0 Å². The van der Waals surface area contributed by atoms with Crippen molar-refractivity contribution in [2.75, 3.05) is 19.0 Å². The minimum atomic E-state index is -4.61. The molecular formula is C42H45BrF3NO3. The first-order valence-electron chi connectivity index (χ1n) is 17.7. The fourth-order valence-corrected chi connectivity index (χ4v) is 8.22. The molecule has 8 heteroatoms. The van der Waals surface area contributed by atoms with Gasteiger partial charge in [-0.15, -0.1) is 0 Å². The third-order valence-corrected chi connectivity index (χ3v) is 10.9. The van der Waals surface area contributed by atoms with Gasteiger partial charge in [0.15, 0.2) is 0 Å². The summed E-state index contributed by atoms with van der Waals surface area (Å²) in [5.74, 6) is 0.946. The molecule has 1 fully saturated rings. The Bertz CT molecular complexity index is 1700. The van der Waals surface area contributed by atoms with E-state index in [1.807, 2.05) is 48.5 Å². The zero-order chi connectivity index (χ0) is 35.1. The maximum absolute atomic E-state index is 14.8. The van der Waals surface area contributed by atoms with Crippen molar-refractivity contribution in [3.63, 3.8) is 0 Å². The SMILES string of the molecule is COc1cc(OCc2ccc(C3CCCCCCC3)cc2)ccc1CN(CC(F)(F)F)C(=O)C1(CCCBr)c2ccccc2-c2ccccc21. The van der Waals surface area contributed by atoms with Gasteiger partial charge in [-0.1, -0.05) is 121 Å². The third-order valence-electron chi connectivity index (χ3n) is 10.4. The fraction of sp³-hybridized carbons (Fsp3) is 0.405. The van der Waals surface area contributed by atoms with E-state index < -0.39 is 24.0 Å². The van der Waals surface area contributed by atoms with Gasteiger partial charge < -0.3 is 14.4 Å². The van der Waals surface area contributed by atoms with Crippen LogP contribution in [0.5, 0.6) is 11.5 Å². The minimum absolute atomic E-state index is 0.273. The van der Waals surface area contributed by atoms with Gasteiger partial charge in [0.1, 0.15) is 30.1 Å². The van der Waals surface area contributed by atoms with E-state index in [1.165, 1.54) is 57.6 Å². The van der Waals surface area contributed by atoms with E-state index in [-0.39, 0.29) is 6.54 Å². The number of carbonyl (C=O) groups excluding carboxylic acids is 1. The second kappa shape index (κ2) is 16.1. The van der Waals surface area contributed by atoms with Crippen molar-refractivity contribution >= 4 is 21.8 Å². The van der Waals surface area contributed by atoms with Crippen molar-refractivity contribution in [2.24, 2.45) is 0 Å². The molecule has 1 saturated carbocycles. The van der Waals surface area contributed by atoms with Crippen LogP contribution in [0.25, 0.3) is 11.1 Å². The number of hydrogen-bond donors (Lipinski definition) is 0. The van der Waals surface area contributed by atoms with Crippen LogP contribution >= 0.6 is 15.9 Å². The first-order chi connectivity index (χ1) is 24.2. The molecular weight excluding hydrogens is 703 g/mol. The van der Waals surface area contributed by atoms with Gasteiger partial charge in [-0.25, -0.2) is 0 Å². The molecule has 0 saturated heterocycles. The maximum Gasteiger partial charge on any atom is 0.406 e. The number of nitrogens with zero attached hydrogens (tertiary/aromatic N) is 1. The van der Waals surface area contributed by atoms with E-state index in [9.17, 15) is 18.0 Å². The number of amides is 1. The van der Waals surface area contributed by atoms with E-state index in [0.717, 1.165) is 32.7 Å². The lowest BCUT2D eigenvalue weighted by Gasteiger charge is -2.37. The van der Waals surface area contributed by atoms with E-state index in [4.69, 9.17) is 9.47 Å². The second-order valence-corrected chi connectivity index (χ2v) is 14.4. The average Bonchev–Trinajstić information content (AvgIpc) is 3.39. The third kappa shape index (κ3) is 7.91. The molecule has 0 aliphatic heterocycles.